The Morgan fingerprint density at radius 2 is 1.63 bits per heavy atom. The topological polar surface area (TPSA) is 134 Å². The molecule has 0 aliphatic heterocycles. The first-order valence-corrected chi connectivity index (χ1v) is 8.51. The van der Waals surface area contributed by atoms with Crippen LogP contribution in [0.25, 0.3) is 0 Å². The van der Waals surface area contributed by atoms with Crippen molar-refractivity contribution in [2.75, 3.05) is 13.1 Å². The van der Waals surface area contributed by atoms with Gasteiger partial charge in [0.2, 0.25) is 11.8 Å². The zero-order valence-electron chi connectivity index (χ0n) is 15.4. The molecular formula is C18H25N3O6. The maximum Gasteiger partial charge on any atom is 0.407 e. The van der Waals surface area contributed by atoms with Gasteiger partial charge in [-0.25, -0.2) is 9.59 Å². The highest BCUT2D eigenvalue weighted by atomic mass is 16.5. The summed E-state index contributed by atoms with van der Waals surface area (Å²) in [6.07, 6.45) is -0.481. The predicted octanol–water partition coefficient (Wildman–Crippen LogP) is 0.645. The van der Waals surface area contributed by atoms with Gasteiger partial charge >= 0.3 is 12.1 Å². The van der Waals surface area contributed by atoms with Crippen LogP contribution in [0.4, 0.5) is 4.79 Å². The van der Waals surface area contributed by atoms with Crippen molar-refractivity contribution in [1.29, 1.82) is 0 Å². The van der Waals surface area contributed by atoms with Crippen LogP contribution in [0.15, 0.2) is 30.3 Å². The lowest BCUT2D eigenvalue weighted by Gasteiger charge is -2.16. The van der Waals surface area contributed by atoms with Crippen molar-refractivity contribution in [1.82, 2.24) is 16.0 Å². The van der Waals surface area contributed by atoms with Gasteiger partial charge in [-0.15, -0.1) is 0 Å². The van der Waals surface area contributed by atoms with Crippen molar-refractivity contribution in [3.8, 4) is 0 Å². The second-order valence-electron chi connectivity index (χ2n) is 6.28. The van der Waals surface area contributed by atoms with Gasteiger partial charge in [0.15, 0.2) is 0 Å². The Kier molecular flexibility index (Phi) is 9.35. The molecule has 0 bridgehead atoms. The van der Waals surface area contributed by atoms with Gasteiger partial charge in [-0.2, -0.15) is 0 Å². The molecule has 27 heavy (non-hydrogen) atoms. The first-order valence-electron chi connectivity index (χ1n) is 8.51. The van der Waals surface area contributed by atoms with Crippen molar-refractivity contribution in [3.63, 3.8) is 0 Å². The quantitative estimate of drug-likeness (QED) is 0.471. The van der Waals surface area contributed by atoms with Crippen molar-refractivity contribution in [3.05, 3.63) is 35.9 Å². The van der Waals surface area contributed by atoms with E-state index in [4.69, 9.17) is 9.84 Å². The van der Waals surface area contributed by atoms with Crippen LogP contribution < -0.4 is 16.0 Å². The third-order valence-corrected chi connectivity index (χ3v) is 3.39. The molecule has 4 N–H and O–H groups in total. The first-order chi connectivity index (χ1) is 12.8. The van der Waals surface area contributed by atoms with E-state index < -0.39 is 29.9 Å². The standard InChI is InChI=1S/C18H25N3O6/c1-12(2)8-14(17(24)25)21-16(23)10-19-15(22)9-20-18(26)27-11-13-6-4-3-5-7-13/h3-7,12,14H,8-11H2,1-2H3,(H,19,22)(H,20,26)(H,21,23)(H,24,25)/t14-/m1/s1. The van der Waals surface area contributed by atoms with E-state index in [2.05, 4.69) is 16.0 Å². The molecule has 1 rings (SSSR count). The number of rotatable bonds is 10. The van der Waals surface area contributed by atoms with Crippen LogP contribution in [-0.4, -0.2) is 48.1 Å². The van der Waals surface area contributed by atoms with E-state index in [1.165, 1.54) is 0 Å². The molecular weight excluding hydrogens is 354 g/mol. The van der Waals surface area contributed by atoms with Gasteiger partial charge < -0.3 is 25.8 Å². The molecule has 1 aromatic carbocycles. The summed E-state index contributed by atoms with van der Waals surface area (Å²) < 4.78 is 4.95. The van der Waals surface area contributed by atoms with Gasteiger partial charge in [0.05, 0.1) is 6.54 Å². The van der Waals surface area contributed by atoms with Crippen molar-refractivity contribution >= 4 is 23.9 Å². The monoisotopic (exact) mass is 379 g/mol. The van der Waals surface area contributed by atoms with Crippen LogP contribution in [-0.2, 0) is 25.7 Å². The number of hydrogen-bond donors (Lipinski definition) is 4. The minimum absolute atomic E-state index is 0.0725. The van der Waals surface area contributed by atoms with Crippen LogP contribution in [0.1, 0.15) is 25.8 Å². The van der Waals surface area contributed by atoms with E-state index in [0.717, 1.165) is 5.56 Å². The largest absolute Gasteiger partial charge is 0.480 e. The molecule has 148 valence electrons. The summed E-state index contributed by atoms with van der Waals surface area (Å²) in [5.41, 5.74) is 0.808. The Morgan fingerprint density at radius 1 is 1.00 bits per heavy atom. The molecule has 0 spiro atoms. The van der Waals surface area contributed by atoms with Crippen LogP contribution >= 0.6 is 0 Å². The fourth-order valence-electron chi connectivity index (χ4n) is 2.11. The maximum absolute atomic E-state index is 11.7. The second-order valence-corrected chi connectivity index (χ2v) is 6.28. The number of hydrogen-bond acceptors (Lipinski definition) is 5. The number of amides is 3. The summed E-state index contributed by atoms with van der Waals surface area (Å²) in [6, 6.07) is 8.03. The second kappa shape index (κ2) is 11.5. The summed E-state index contributed by atoms with van der Waals surface area (Å²) in [7, 11) is 0. The van der Waals surface area contributed by atoms with Crippen LogP contribution in [0.5, 0.6) is 0 Å². The number of carbonyl (C=O) groups excluding carboxylic acids is 3. The Bertz CT molecular complexity index is 648. The van der Waals surface area contributed by atoms with E-state index in [0.29, 0.717) is 0 Å². The van der Waals surface area contributed by atoms with Crippen LogP contribution in [0, 0.1) is 5.92 Å². The van der Waals surface area contributed by atoms with Crippen LogP contribution in [0.2, 0.25) is 0 Å². The SMILES string of the molecule is CC(C)C[C@@H](NC(=O)CNC(=O)CNC(=O)OCc1ccccc1)C(=O)O. The Morgan fingerprint density at radius 3 is 2.22 bits per heavy atom. The van der Waals surface area contributed by atoms with Gasteiger partial charge in [-0.1, -0.05) is 44.2 Å². The van der Waals surface area contributed by atoms with Crippen molar-refractivity contribution in [2.24, 2.45) is 5.92 Å². The highest BCUT2D eigenvalue weighted by molar-refractivity contribution is 5.89. The average Bonchev–Trinajstić information content (AvgIpc) is 2.62. The lowest BCUT2D eigenvalue weighted by Crippen LogP contribution is -2.47. The van der Waals surface area contributed by atoms with E-state index in [1.54, 1.807) is 12.1 Å². The van der Waals surface area contributed by atoms with E-state index in [-0.39, 0.29) is 32.0 Å². The molecule has 0 saturated carbocycles. The first kappa shape index (κ1) is 21.9. The van der Waals surface area contributed by atoms with E-state index >= 15 is 0 Å². The van der Waals surface area contributed by atoms with Crippen molar-refractivity contribution < 1.29 is 29.0 Å². The third-order valence-electron chi connectivity index (χ3n) is 3.39. The molecule has 1 atom stereocenters. The van der Waals surface area contributed by atoms with Gasteiger partial charge in [-0.05, 0) is 17.9 Å². The van der Waals surface area contributed by atoms with E-state index in [9.17, 15) is 19.2 Å². The molecule has 1 aromatic rings. The third kappa shape index (κ3) is 9.83. The summed E-state index contributed by atoms with van der Waals surface area (Å²) >= 11 is 0. The molecule has 0 aliphatic carbocycles. The Balaban J connectivity index is 2.24. The Labute approximate surface area is 157 Å². The summed E-state index contributed by atoms with van der Waals surface area (Å²) in [5.74, 6) is -2.26. The Hall–Kier alpha value is -3.10. The highest BCUT2D eigenvalue weighted by Gasteiger charge is 2.21. The highest BCUT2D eigenvalue weighted by Crippen LogP contribution is 2.04. The molecule has 0 unspecified atom stereocenters. The normalized spacial score (nSPS) is 11.4. The maximum atomic E-state index is 11.7. The molecule has 0 radical (unpaired) electrons. The smallest absolute Gasteiger partial charge is 0.407 e. The number of carbonyl (C=O) groups is 4. The van der Waals surface area contributed by atoms with Crippen molar-refractivity contribution in [2.45, 2.75) is 32.9 Å². The fourth-order valence-corrected chi connectivity index (χ4v) is 2.11. The van der Waals surface area contributed by atoms with Crippen LogP contribution in [0.3, 0.4) is 0 Å². The summed E-state index contributed by atoms with van der Waals surface area (Å²) in [6.45, 7) is 3.00. The lowest BCUT2D eigenvalue weighted by molar-refractivity contribution is -0.142. The zero-order chi connectivity index (χ0) is 20.2. The fraction of sp³-hybridized carbons (Fsp3) is 0.444. The molecule has 9 heteroatoms. The van der Waals surface area contributed by atoms with Gasteiger partial charge in [0.25, 0.3) is 0 Å². The lowest BCUT2D eigenvalue weighted by atomic mass is 10.0. The molecule has 0 fully saturated rings. The summed E-state index contributed by atoms with van der Waals surface area (Å²) in [4.78, 5) is 46.0. The summed E-state index contributed by atoms with van der Waals surface area (Å²) in [5, 5.41) is 16.0. The number of nitrogens with one attached hydrogen (secondary N) is 3. The average molecular weight is 379 g/mol. The molecule has 0 aromatic heterocycles. The number of carboxylic acid groups (broad SMARTS) is 1. The molecule has 0 aliphatic rings. The molecule has 3 amide bonds. The number of alkyl carbamates (subject to hydrolysis) is 1. The van der Waals surface area contributed by atoms with Gasteiger partial charge in [-0.3, -0.25) is 9.59 Å². The van der Waals surface area contributed by atoms with E-state index in [1.807, 2.05) is 32.0 Å². The molecule has 0 heterocycles. The number of benzene rings is 1. The number of carboxylic acids is 1. The van der Waals surface area contributed by atoms with Gasteiger partial charge in [0, 0.05) is 0 Å². The molecule has 9 nitrogen and oxygen atoms in total. The number of aliphatic carboxylic acids is 1. The minimum Gasteiger partial charge on any atom is -0.480 e. The predicted molar refractivity (Wildman–Crippen MR) is 96.7 cm³/mol. The van der Waals surface area contributed by atoms with Gasteiger partial charge in [0.1, 0.15) is 19.2 Å². The zero-order valence-corrected chi connectivity index (χ0v) is 15.4. The molecule has 0 saturated heterocycles. The number of ether oxygens (including phenoxy) is 1. The minimum atomic E-state index is -1.13.